The predicted molar refractivity (Wildman–Crippen MR) is 104 cm³/mol. The molecule has 0 bridgehead atoms. The quantitative estimate of drug-likeness (QED) is 0.853. The van der Waals surface area contributed by atoms with E-state index in [2.05, 4.69) is 64.6 Å². The van der Waals surface area contributed by atoms with Crippen LogP contribution in [0.2, 0.25) is 0 Å². The maximum atomic E-state index is 4.81. The van der Waals surface area contributed by atoms with E-state index in [0.717, 1.165) is 43.6 Å². The van der Waals surface area contributed by atoms with E-state index >= 15 is 0 Å². The Balaban J connectivity index is 1.74. The molecule has 0 amide bonds. The van der Waals surface area contributed by atoms with Crippen LogP contribution in [0.15, 0.2) is 24.5 Å². The monoisotopic (exact) mass is 340 g/mol. The van der Waals surface area contributed by atoms with Crippen molar-refractivity contribution in [1.82, 2.24) is 15.0 Å². The molecule has 0 unspecified atom stereocenters. The summed E-state index contributed by atoms with van der Waals surface area (Å²) in [7, 11) is 2.08. The first kappa shape index (κ1) is 17.5. The first-order valence-corrected chi connectivity index (χ1v) is 8.94. The van der Waals surface area contributed by atoms with Crippen molar-refractivity contribution < 1.29 is 0 Å². The Hall–Kier alpha value is -2.37. The number of anilines is 3. The second kappa shape index (κ2) is 7.25. The third kappa shape index (κ3) is 3.83. The van der Waals surface area contributed by atoms with Gasteiger partial charge in [-0.3, -0.25) is 4.98 Å². The molecule has 6 heteroatoms. The summed E-state index contributed by atoms with van der Waals surface area (Å²) in [6, 6.07) is 4.57. The summed E-state index contributed by atoms with van der Waals surface area (Å²) >= 11 is 0. The number of aryl methyl sites for hydroxylation is 2. The summed E-state index contributed by atoms with van der Waals surface area (Å²) in [5.74, 6) is 1.83. The zero-order valence-electron chi connectivity index (χ0n) is 15.9. The van der Waals surface area contributed by atoms with Crippen LogP contribution >= 0.6 is 0 Å². The molecular formula is C19H28N6. The van der Waals surface area contributed by atoms with Crippen LogP contribution in [0.1, 0.15) is 25.1 Å². The molecular weight excluding hydrogens is 312 g/mol. The first-order valence-electron chi connectivity index (χ1n) is 8.94. The molecule has 3 heterocycles. The lowest BCUT2D eigenvalue weighted by Crippen LogP contribution is -2.47. The lowest BCUT2D eigenvalue weighted by Gasteiger charge is -2.37. The van der Waals surface area contributed by atoms with Crippen molar-refractivity contribution in [2.45, 2.75) is 33.7 Å². The van der Waals surface area contributed by atoms with E-state index in [1.807, 2.05) is 19.3 Å². The molecule has 1 aliphatic heterocycles. The van der Waals surface area contributed by atoms with Gasteiger partial charge in [0.1, 0.15) is 5.82 Å². The Bertz CT molecular complexity index is 722. The maximum absolute atomic E-state index is 4.81. The number of rotatable bonds is 4. The molecule has 25 heavy (non-hydrogen) atoms. The molecule has 0 N–H and O–H groups in total. The highest BCUT2D eigenvalue weighted by atomic mass is 15.3. The Morgan fingerprint density at radius 1 is 1.04 bits per heavy atom. The molecule has 1 fully saturated rings. The lowest BCUT2D eigenvalue weighted by molar-refractivity contribution is 0.636. The summed E-state index contributed by atoms with van der Waals surface area (Å²) in [5, 5.41) is 0. The summed E-state index contributed by atoms with van der Waals surface area (Å²) < 4.78 is 0. The molecule has 1 saturated heterocycles. The number of piperazine rings is 1. The fraction of sp³-hybridized carbons (Fsp3) is 0.526. The Morgan fingerprint density at radius 2 is 1.72 bits per heavy atom. The average molecular weight is 340 g/mol. The average Bonchev–Trinajstić information content (AvgIpc) is 2.61. The Morgan fingerprint density at radius 3 is 2.36 bits per heavy atom. The maximum Gasteiger partial charge on any atom is 0.227 e. The van der Waals surface area contributed by atoms with Gasteiger partial charge in [0.15, 0.2) is 0 Å². The van der Waals surface area contributed by atoms with Gasteiger partial charge < -0.3 is 14.7 Å². The van der Waals surface area contributed by atoms with Gasteiger partial charge in [-0.05, 0) is 39.3 Å². The van der Waals surface area contributed by atoms with Crippen LogP contribution in [0.25, 0.3) is 0 Å². The third-order valence-electron chi connectivity index (χ3n) is 4.86. The van der Waals surface area contributed by atoms with E-state index < -0.39 is 0 Å². The van der Waals surface area contributed by atoms with Crippen LogP contribution in [0, 0.1) is 13.8 Å². The minimum Gasteiger partial charge on any atom is -0.368 e. The Labute approximate surface area is 150 Å². The molecule has 2 aromatic heterocycles. The van der Waals surface area contributed by atoms with Gasteiger partial charge in [-0.15, -0.1) is 0 Å². The standard InChI is InChI=1S/C19H28N6/c1-14(2)23(5)18-12-16(4)21-19(22-18)25-10-8-24(9-11-25)17-6-7-20-13-15(17)3/h6-7,12-14H,8-11H2,1-5H3. The van der Waals surface area contributed by atoms with Crippen molar-refractivity contribution >= 4 is 17.5 Å². The minimum atomic E-state index is 0.411. The summed E-state index contributed by atoms with van der Waals surface area (Å²) in [4.78, 5) is 20.6. The van der Waals surface area contributed by atoms with Crippen molar-refractivity contribution in [2.75, 3.05) is 47.9 Å². The molecule has 6 nitrogen and oxygen atoms in total. The highest BCUT2D eigenvalue weighted by Gasteiger charge is 2.21. The highest BCUT2D eigenvalue weighted by molar-refractivity contribution is 5.53. The summed E-state index contributed by atoms with van der Waals surface area (Å²) in [5.41, 5.74) is 3.52. The van der Waals surface area contributed by atoms with Gasteiger partial charge in [0.25, 0.3) is 0 Å². The van der Waals surface area contributed by atoms with Gasteiger partial charge in [-0.2, -0.15) is 4.98 Å². The number of hydrogen-bond donors (Lipinski definition) is 0. The van der Waals surface area contributed by atoms with Crippen molar-refractivity contribution in [3.8, 4) is 0 Å². The topological polar surface area (TPSA) is 48.4 Å². The molecule has 0 spiro atoms. The molecule has 2 aromatic rings. The Kier molecular flexibility index (Phi) is 5.06. The molecule has 134 valence electrons. The van der Waals surface area contributed by atoms with Crippen molar-refractivity contribution in [2.24, 2.45) is 0 Å². The summed E-state index contributed by atoms with van der Waals surface area (Å²) in [6.45, 7) is 12.3. The second-order valence-corrected chi connectivity index (χ2v) is 7.01. The molecule has 0 aliphatic carbocycles. The van der Waals surface area contributed by atoms with Crippen molar-refractivity contribution in [3.05, 3.63) is 35.8 Å². The van der Waals surface area contributed by atoms with Crippen molar-refractivity contribution in [3.63, 3.8) is 0 Å². The van der Waals surface area contributed by atoms with Crippen LogP contribution in [0.3, 0.4) is 0 Å². The zero-order valence-corrected chi connectivity index (χ0v) is 15.9. The number of pyridine rings is 1. The number of hydrogen-bond acceptors (Lipinski definition) is 6. The molecule has 3 rings (SSSR count). The minimum absolute atomic E-state index is 0.411. The van der Waals surface area contributed by atoms with E-state index in [0.29, 0.717) is 6.04 Å². The summed E-state index contributed by atoms with van der Waals surface area (Å²) in [6.07, 6.45) is 3.80. The largest absolute Gasteiger partial charge is 0.368 e. The van der Waals surface area contributed by atoms with E-state index in [1.165, 1.54) is 11.3 Å². The van der Waals surface area contributed by atoms with E-state index in [1.54, 1.807) is 0 Å². The number of aromatic nitrogens is 3. The molecule has 0 radical (unpaired) electrons. The van der Waals surface area contributed by atoms with Gasteiger partial charge in [0.05, 0.1) is 0 Å². The van der Waals surface area contributed by atoms with Gasteiger partial charge in [-0.1, -0.05) is 0 Å². The van der Waals surface area contributed by atoms with Gasteiger partial charge in [-0.25, -0.2) is 4.98 Å². The molecule has 0 aromatic carbocycles. The highest BCUT2D eigenvalue weighted by Crippen LogP contribution is 2.23. The van der Waals surface area contributed by atoms with Crippen LogP contribution in [-0.4, -0.2) is 54.2 Å². The third-order valence-corrected chi connectivity index (χ3v) is 4.86. The van der Waals surface area contributed by atoms with E-state index in [4.69, 9.17) is 4.98 Å². The molecule has 1 aliphatic rings. The van der Waals surface area contributed by atoms with Crippen LogP contribution < -0.4 is 14.7 Å². The number of nitrogens with zero attached hydrogens (tertiary/aromatic N) is 6. The smallest absolute Gasteiger partial charge is 0.227 e. The first-order chi connectivity index (χ1) is 12.0. The van der Waals surface area contributed by atoms with Gasteiger partial charge in [0, 0.05) is 69.1 Å². The van der Waals surface area contributed by atoms with Crippen molar-refractivity contribution in [1.29, 1.82) is 0 Å². The van der Waals surface area contributed by atoms with Gasteiger partial charge >= 0.3 is 0 Å². The fourth-order valence-electron chi connectivity index (χ4n) is 3.09. The van der Waals surface area contributed by atoms with E-state index in [9.17, 15) is 0 Å². The predicted octanol–water partition coefficient (Wildman–Crippen LogP) is 2.66. The van der Waals surface area contributed by atoms with Gasteiger partial charge in [0.2, 0.25) is 5.95 Å². The van der Waals surface area contributed by atoms with Crippen LogP contribution in [0.5, 0.6) is 0 Å². The SMILES string of the molecule is Cc1cc(N(C)C(C)C)nc(N2CCN(c3ccncc3C)CC2)n1. The fourth-order valence-corrected chi connectivity index (χ4v) is 3.09. The van der Waals surface area contributed by atoms with Crippen LogP contribution in [0.4, 0.5) is 17.5 Å². The second-order valence-electron chi connectivity index (χ2n) is 7.01. The zero-order chi connectivity index (χ0) is 18.0. The molecule has 0 saturated carbocycles. The lowest BCUT2D eigenvalue weighted by atomic mass is 10.2. The molecule has 0 atom stereocenters. The van der Waals surface area contributed by atoms with E-state index in [-0.39, 0.29) is 0 Å². The normalized spacial score (nSPS) is 15.0. The van der Waals surface area contributed by atoms with Crippen LogP contribution in [-0.2, 0) is 0 Å².